The third-order valence-electron chi connectivity index (χ3n) is 5.86. The molecular weight excluding hydrogens is 519 g/mol. The van der Waals surface area contributed by atoms with E-state index in [1.807, 2.05) is 26.8 Å². The standard InChI is InChI=1S/C11H12N2O2.C11H13N.HNO3.Na.H2O4S/c1-7-11(2,3)9-6-8(13(14)15)4-5-10(9)12-7;1-8-11(2,3)9-6-4-5-7-10(9)12-8;2-1-4-3;;1-5(2,3)4/h4-6H,1-3H3;4-7H,1-3H3;3H;;(H2,1,2,3,4)/q;;;+1;/p-1. The summed E-state index contributed by atoms with van der Waals surface area (Å²) < 4.78 is 31.6. The Hall–Kier alpha value is -2.59. The summed E-state index contributed by atoms with van der Waals surface area (Å²) >= 11 is 0. The maximum absolute atomic E-state index is 10.7. The summed E-state index contributed by atoms with van der Waals surface area (Å²) in [5.74, 6) is 0. The van der Waals surface area contributed by atoms with E-state index in [1.54, 1.807) is 12.1 Å². The number of hydrogen-bond acceptors (Lipinski definition) is 10. The zero-order valence-corrected chi connectivity index (χ0v) is 24.3. The smallest absolute Gasteiger partial charge is 0.635 e. The van der Waals surface area contributed by atoms with Crippen molar-refractivity contribution in [1.82, 2.24) is 0 Å². The number of fused-ring (bicyclic) bond motifs is 2. The largest absolute Gasteiger partial charge is 1.00 e. The second kappa shape index (κ2) is 13.8. The number of hydrogen-bond donors (Lipinski definition) is 2. The zero-order chi connectivity index (χ0) is 27.9. The van der Waals surface area contributed by atoms with Gasteiger partial charge in [0.05, 0.1) is 16.3 Å². The van der Waals surface area contributed by atoms with Crippen molar-refractivity contribution in [1.29, 1.82) is 0 Å². The molecule has 0 bridgehead atoms. The van der Waals surface area contributed by atoms with E-state index in [4.69, 9.17) is 27.7 Å². The number of nitro groups is 1. The first-order valence-corrected chi connectivity index (χ1v) is 11.7. The van der Waals surface area contributed by atoms with Gasteiger partial charge in [0, 0.05) is 34.4 Å². The Kier molecular flexibility index (Phi) is 12.8. The van der Waals surface area contributed by atoms with Crippen molar-refractivity contribution in [3.05, 3.63) is 68.6 Å². The van der Waals surface area contributed by atoms with Crippen LogP contribution >= 0.6 is 0 Å². The fourth-order valence-corrected chi connectivity index (χ4v) is 3.37. The molecule has 13 nitrogen and oxygen atoms in total. The molecule has 196 valence electrons. The van der Waals surface area contributed by atoms with Crippen LogP contribution in [-0.4, -0.2) is 33.9 Å². The maximum Gasteiger partial charge on any atom is 1.00 e. The van der Waals surface area contributed by atoms with Crippen molar-refractivity contribution in [2.45, 2.75) is 52.4 Å². The van der Waals surface area contributed by atoms with Crippen LogP contribution in [0.2, 0.25) is 0 Å². The van der Waals surface area contributed by atoms with Crippen LogP contribution < -0.4 is 34.8 Å². The quantitative estimate of drug-likeness (QED) is 0.139. The van der Waals surface area contributed by atoms with Gasteiger partial charge in [-0.2, -0.15) is 8.42 Å². The number of nitro benzene ring substituents is 1. The number of para-hydroxylation sites is 1. The molecule has 2 aliphatic heterocycles. The van der Waals surface area contributed by atoms with Crippen LogP contribution in [-0.2, 0) is 26.2 Å². The molecule has 0 saturated heterocycles. The van der Waals surface area contributed by atoms with Crippen LogP contribution in [0, 0.1) is 15.0 Å². The fraction of sp³-hybridized carbons (Fsp3) is 0.364. The molecule has 0 unspecified atom stereocenters. The van der Waals surface area contributed by atoms with Crippen molar-refractivity contribution in [2.75, 3.05) is 0 Å². The third-order valence-corrected chi connectivity index (χ3v) is 5.86. The Balaban J connectivity index is 0.000000527. The molecule has 4 rings (SSSR count). The molecule has 2 aromatic rings. The summed E-state index contributed by atoms with van der Waals surface area (Å²) in [6.07, 6.45) is 0. The van der Waals surface area contributed by atoms with Gasteiger partial charge < -0.3 is 10.2 Å². The van der Waals surface area contributed by atoms with Crippen LogP contribution in [0.5, 0.6) is 0 Å². The SMILES string of the molecule is CC1=Nc2ccc([N+](=O)[O-])cc2C1(C)C.CC1=Nc2ccccc2C1(C)C.O=NO[O-].O=S(=O)(O)O.[Na+]. The Morgan fingerprint density at radius 3 is 1.73 bits per heavy atom. The predicted octanol–water partition coefficient (Wildman–Crippen LogP) is 1.36. The van der Waals surface area contributed by atoms with Gasteiger partial charge in [-0.05, 0) is 37.1 Å². The van der Waals surface area contributed by atoms with Crippen LogP contribution in [0.15, 0.2) is 57.8 Å². The van der Waals surface area contributed by atoms with Gasteiger partial charge in [0.15, 0.2) is 0 Å². The van der Waals surface area contributed by atoms with Crippen molar-refractivity contribution < 1.29 is 62.2 Å². The maximum atomic E-state index is 10.7. The summed E-state index contributed by atoms with van der Waals surface area (Å²) in [5, 5.41) is 20.4. The number of nitrogens with zero attached hydrogens (tertiary/aromatic N) is 4. The molecular formula is C22H27N4NaO9S. The zero-order valence-electron chi connectivity index (χ0n) is 21.5. The number of non-ortho nitro benzene ring substituents is 1. The minimum absolute atomic E-state index is 0. The van der Waals surface area contributed by atoms with E-state index in [9.17, 15) is 10.1 Å². The molecule has 0 aliphatic carbocycles. The third kappa shape index (κ3) is 9.66. The average Bonchev–Trinajstić information content (AvgIpc) is 3.15. The van der Waals surface area contributed by atoms with Gasteiger partial charge in [-0.15, -0.1) is 4.91 Å². The molecule has 0 spiro atoms. The minimum Gasteiger partial charge on any atom is -0.635 e. The van der Waals surface area contributed by atoms with E-state index >= 15 is 0 Å². The molecule has 2 N–H and O–H groups in total. The Morgan fingerprint density at radius 1 is 0.919 bits per heavy atom. The summed E-state index contributed by atoms with van der Waals surface area (Å²) in [5.41, 5.74) is 6.56. The van der Waals surface area contributed by atoms with Gasteiger partial charge in [-0.25, -0.2) is 0 Å². The molecule has 15 heteroatoms. The molecule has 0 aromatic heterocycles. The molecule has 2 heterocycles. The van der Waals surface area contributed by atoms with Gasteiger partial charge in [-0.1, -0.05) is 45.9 Å². The van der Waals surface area contributed by atoms with Crippen LogP contribution in [0.25, 0.3) is 0 Å². The second-order valence-corrected chi connectivity index (χ2v) is 9.61. The first-order valence-electron chi connectivity index (χ1n) is 10.3. The first kappa shape index (κ1) is 34.4. The van der Waals surface area contributed by atoms with E-state index in [0.717, 1.165) is 22.6 Å². The van der Waals surface area contributed by atoms with Crippen molar-refractivity contribution >= 4 is 38.9 Å². The monoisotopic (exact) mass is 546 g/mol. The minimum atomic E-state index is -4.67. The Labute approximate surface area is 236 Å². The molecule has 0 amide bonds. The van der Waals surface area contributed by atoms with Gasteiger partial charge in [0.1, 0.15) is 5.34 Å². The van der Waals surface area contributed by atoms with Crippen LogP contribution in [0.3, 0.4) is 0 Å². The van der Waals surface area contributed by atoms with Gasteiger partial charge in [-0.3, -0.25) is 29.2 Å². The molecule has 0 saturated carbocycles. The van der Waals surface area contributed by atoms with Crippen molar-refractivity contribution in [2.24, 2.45) is 15.3 Å². The fourth-order valence-electron chi connectivity index (χ4n) is 3.37. The molecule has 0 radical (unpaired) electrons. The van der Waals surface area contributed by atoms with E-state index in [0.29, 0.717) is 0 Å². The van der Waals surface area contributed by atoms with Crippen molar-refractivity contribution in [3.8, 4) is 0 Å². The molecule has 0 atom stereocenters. The number of benzene rings is 2. The van der Waals surface area contributed by atoms with Gasteiger partial charge in [0.25, 0.3) is 5.69 Å². The van der Waals surface area contributed by atoms with Gasteiger partial charge >= 0.3 is 40.0 Å². The number of rotatable bonds is 2. The van der Waals surface area contributed by atoms with Crippen LogP contribution in [0.4, 0.5) is 17.1 Å². The van der Waals surface area contributed by atoms with E-state index in [-0.39, 0.29) is 51.0 Å². The Bertz CT molecular complexity index is 1280. The molecule has 0 fully saturated rings. The topological polar surface area (TPSA) is 204 Å². The average molecular weight is 547 g/mol. The summed E-state index contributed by atoms with van der Waals surface area (Å²) in [4.78, 5) is 30.0. The molecule has 37 heavy (non-hydrogen) atoms. The second-order valence-electron chi connectivity index (χ2n) is 8.72. The predicted molar refractivity (Wildman–Crippen MR) is 132 cm³/mol. The van der Waals surface area contributed by atoms with E-state index in [2.05, 4.69) is 53.9 Å². The van der Waals surface area contributed by atoms with Crippen molar-refractivity contribution in [3.63, 3.8) is 0 Å². The molecule has 2 aromatic carbocycles. The molecule has 2 aliphatic rings. The van der Waals surface area contributed by atoms with E-state index in [1.165, 1.54) is 22.7 Å². The summed E-state index contributed by atoms with van der Waals surface area (Å²) in [7, 11) is -4.67. The summed E-state index contributed by atoms with van der Waals surface area (Å²) in [6, 6.07) is 13.2. The van der Waals surface area contributed by atoms with Gasteiger partial charge in [0.2, 0.25) is 0 Å². The van der Waals surface area contributed by atoms with Crippen LogP contribution in [0.1, 0.15) is 52.7 Å². The summed E-state index contributed by atoms with van der Waals surface area (Å²) in [6.45, 7) is 12.5. The Morgan fingerprint density at radius 2 is 1.32 bits per heavy atom. The number of aliphatic imine (C=N–C) groups is 2. The van der Waals surface area contributed by atoms with E-state index < -0.39 is 10.4 Å². The first-order chi connectivity index (χ1) is 16.5. The normalized spacial score (nSPS) is 15.2.